The normalized spacial score (nSPS) is 14.6. The summed E-state index contributed by atoms with van der Waals surface area (Å²) in [7, 11) is 0. The van der Waals surface area contributed by atoms with E-state index in [0.717, 1.165) is 16.7 Å². The minimum Gasteiger partial charge on any atom is -0.348 e. The molecule has 0 aromatic heterocycles. The molecule has 3 heteroatoms. The number of carbonyl (C=O) groups excluding carboxylic acids is 1. The largest absolute Gasteiger partial charge is 0.348 e. The van der Waals surface area contributed by atoms with Crippen LogP contribution in [0.25, 0.3) is 0 Å². The number of rotatable bonds is 6. The maximum atomic E-state index is 12.9. The second-order valence-corrected chi connectivity index (χ2v) is 6.99. The molecule has 1 aromatic carbocycles. The molecular formula is C23H28N2O. The first-order valence-corrected chi connectivity index (χ1v) is 9.05. The smallest absolute Gasteiger partial charge is 0.251 e. The van der Waals surface area contributed by atoms with Crippen molar-refractivity contribution in [3.63, 3.8) is 0 Å². The Morgan fingerprint density at radius 3 is 2.54 bits per heavy atom. The van der Waals surface area contributed by atoms with Gasteiger partial charge in [-0.15, -0.1) is 0 Å². The third kappa shape index (κ3) is 5.41. The maximum Gasteiger partial charge on any atom is 0.251 e. The van der Waals surface area contributed by atoms with Crippen LogP contribution in [0.4, 0.5) is 0 Å². The number of aryl methyl sites for hydroxylation is 1. The predicted octanol–water partition coefficient (Wildman–Crippen LogP) is 5.05. The predicted molar refractivity (Wildman–Crippen MR) is 109 cm³/mol. The second-order valence-electron chi connectivity index (χ2n) is 6.99. The number of carbonyl (C=O) groups is 1. The van der Waals surface area contributed by atoms with Crippen molar-refractivity contribution in [3.05, 3.63) is 82.5 Å². The van der Waals surface area contributed by atoms with Crippen LogP contribution < -0.4 is 5.32 Å². The molecule has 0 fully saturated rings. The molecule has 0 bridgehead atoms. The third-order valence-corrected chi connectivity index (χ3v) is 4.32. The summed E-state index contributed by atoms with van der Waals surface area (Å²) >= 11 is 0. The lowest BCUT2D eigenvalue weighted by atomic mass is 9.89. The van der Waals surface area contributed by atoms with E-state index in [4.69, 9.17) is 5.41 Å². The minimum atomic E-state index is -0.131. The van der Waals surface area contributed by atoms with E-state index in [9.17, 15) is 4.79 Å². The Labute approximate surface area is 156 Å². The van der Waals surface area contributed by atoms with E-state index in [1.807, 2.05) is 43.3 Å². The molecule has 0 saturated heterocycles. The molecule has 26 heavy (non-hydrogen) atoms. The monoisotopic (exact) mass is 348 g/mol. The van der Waals surface area contributed by atoms with Crippen molar-refractivity contribution in [1.82, 2.24) is 5.32 Å². The van der Waals surface area contributed by atoms with E-state index >= 15 is 0 Å². The number of allylic oxidation sites excluding steroid dienone is 6. The van der Waals surface area contributed by atoms with Crippen molar-refractivity contribution in [1.29, 1.82) is 5.41 Å². The van der Waals surface area contributed by atoms with Crippen molar-refractivity contribution >= 4 is 11.6 Å². The maximum absolute atomic E-state index is 12.9. The van der Waals surface area contributed by atoms with Gasteiger partial charge in [0.1, 0.15) is 0 Å². The molecule has 2 rings (SSSR count). The molecule has 0 heterocycles. The van der Waals surface area contributed by atoms with Gasteiger partial charge in [-0.2, -0.15) is 0 Å². The van der Waals surface area contributed by atoms with Crippen molar-refractivity contribution in [2.75, 3.05) is 0 Å². The highest BCUT2D eigenvalue weighted by molar-refractivity contribution is 6.05. The summed E-state index contributed by atoms with van der Waals surface area (Å²) in [6, 6.07) is 8.13. The lowest BCUT2D eigenvalue weighted by Crippen LogP contribution is -2.26. The number of benzene rings is 1. The first-order chi connectivity index (χ1) is 12.4. The molecule has 3 nitrogen and oxygen atoms in total. The summed E-state index contributed by atoms with van der Waals surface area (Å²) < 4.78 is 0. The van der Waals surface area contributed by atoms with Gasteiger partial charge < -0.3 is 10.7 Å². The molecular weight excluding hydrogens is 320 g/mol. The van der Waals surface area contributed by atoms with E-state index in [1.165, 1.54) is 5.56 Å². The van der Waals surface area contributed by atoms with Gasteiger partial charge >= 0.3 is 0 Å². The highest BCUT2D eigenvalue weighted by Crippen LogP contribution is 2.28. The number of amides is 1. The molecule has 136 valence electrons. The van der Waals surface area contributed by atoms with Crippen LogP contribution in [-0.2, 0) is 11.3 Å². The lowest BCUT2D eigenvalue weighted by Gasteiger charge is -2.17. The van der Waals surface area contributed by atoms with Gasteiger partial charge in [0.2, 0.25) is 0 Å². The van der Waals surface area contributed by atoms with Gasteiger partial charge in [-0.3, -0.25) is 4.79 Å². The van der Waals surface area contributed by atoms with Crippen LogP contribution >= 0.6 is 0 Å². The molecule has 0 radical (unpaired) electrons. The number of hydrogen-bond donors (Lipinski definition) is 2. The standard InChI is InChI=1S/C23H28N2O/c1-16(2)20-8-6-5-7-9-21(20)22(14-18(4)24)23(26)25-15-19-12-10-17(3)11-13-19/h5-8,10-14,16,24H,9,15H2,1-4H3,(H,25,26)/b22-14+,24-18?. The molecule has 0 unspecified atom stereocenters. The van der Waals surface area contributed by atoms with E-state index < -0.39 is 0 Å². The van der Waals surface area contributed by atoms with Gasteiger partial charge in [0, 0.05) is 17.8 Å². The Morgan fingerprint density at radius 1 is 1.23 bits per heavy atom. The number of nitrogens with one attached hydrogen (secondary N) is 2. The Hall–Kier alpha value is -2.68. The van der Waals surface area contributed by atoms with Gasteiger partial charge in [-0.05, 0) is 49.0 Å². The molecule has 2 N–H and O–H groups in total. The summed E-state index contributed by atoms with van der Waals surface area (Å²) in [4.78, 5) is 12.9. The van der Waals surface area contributed by atoms with Gasteiger partial charge in [0.05, 0.1) is 0 Å². The fourth-order valence-corrected chi connectivity index (χ4v) is 2.94. The summed E-state index contributed by atoms with van der Waals surface area (Å²) in [6.45, 7) is 8.48. The van der Waals surface area contributed by atoms with Gasteiger partial charge in [-0.25, -0.2) is 0 Å². The van der Waals surface area contributed by atoms with Gasteiger partial charge in [-0.1, -0.05) is 68.0 Å². The molecule has 1 amide bonds. The van der Waals surface area contributed by atoms with E-state index in [0.29, 0.717) is 30.2 Å². The van der Waals surface area contributed by atoms with Crippen LogP contribution in [0.5, 0.6) is 0 Å². The fraction of sp³-hybridized carbons (Fsp3) is 0.304. The SMILES string of the molecule is CC(=N)/C=C(/C(=O)NCc1ccc(C)cc1)C1=C(C(C)C)C=CC=CC1. The second kappa shape index (κ2) is 9.14. The molecule has 0 saturated carbocycles. The van der Waals surface area contributed by atoms with E-state index in [2.05, 4.69) is 31.3 Å². The summed E-state index contributed by atoms with van der Waals surface area (Å²) in [5.74, 6) is 0.175. The van der Waals surface area contributed by atoms with Crippen LogP contribution in [0.2, 0.25) is 0 Å². The Balaban J connectivity index is 2.30. The Morgan fingerprint density at radius 2 is 1.92 bits per heavy atom. The topological polar surface area (TPSA) is 53.0 Å². The zero-order chi connectivity index (χ0) is 19.1. The van der Waals surface area contributed by atoms with E-state index in [1.54, 1.807) is 13.0 Å². The fourth-order valence-electron chi connectivity index (χ4n) is 2.94. The Kier molecular flexibility index (Phi) is 6.90. The van der Waals surface area contributed by atoms with Crippen molar-refractivity contribution in [2.24, 2.45) is 5.92 Å². The third-order valence-electron chi connectivity index (χ3n) is 4.32. The van der Waals surface area contributed by atoms with Crippen molar-refractivity contribution in [3.8, 4) is 0 Å². The zero-order valence-electron chi connectivity index (χ0n) is 16.1. The number of hydrogen-bond acceptors (Lipinski definition) is 2. The summed E-state index contributed by atoms with van der Waals surface area (Å²) in [5.41, 5.74) is 5.37. The molecule has 1 aliphatic rings. The average molecular weight is 348 g/mol. The van der Waals surface area contributed by atoms with Crippen LogP contribution in [-0.4, -0.2) is 11.6 Å². The van der Waals surface area contributed by atoms with Crippen LogP contribution in [0.1, 0.15) is 38.3 Å². The molecule has 0 atom stereocenters. The van der Waals surface area contributed by atoms with Crippen LogP contribution in [0, 0.1) is 18.3 Å². The first kappa shape index (κ1) is 19.6. The van der Waals surface area contributed by atoms with Gasteiger partial charge in [0.25, 0.3) is 5.91 Å². The molecule has 1 aliphatic carbocycles. The molecule has 1 aromatic rings. The van der Waals surface area contributed by atoms with Crippen molar-refractivity contribution < 1.29 is 4.79 Å². The lowest BCUT2D eigenvalue weighted by molar-refractivity contribution is -0.117. The highest BCUT2D eigenvalue weighted by Gasteiger charge is 2.19. The van der Waals surface area contributed by atoms with Crippen molar-refractivity contribution in [2.45, 2.75) is 40.7 Å². The molecule has 0 spiro atoms. The van der Waals surface area contributed by atoms with E-state index in [-0.39, 0.29) is 5.91 Å². The quantitative estimate of drug-likeness (QED) is 0.549. The Bertz CT molecular complexity index is 790. The van der Waals surface area contributed by atoms with Gasteiger partial charge in [0.15, 0.2) is 0 Å². The van der Waals surface area contributed by atoms with Crippen LogP contribution in [0.3, 0.4) is 0 Å². The first-order valence-electron chi connectivity index (χ1n) is 9.05. The highest BCUT2D eigenvalue weighted by atomic mass is 16.1. The zero-order valence-corrected chi connectivity index (χ0v) is 16.1. The summed E-state index contributed by atoms with van der Waals surface area (Å²) in [6.07, 6.45) is 10.5. The summed E-state index contributed by atoms with van der Waals surface area (Å²) in [5, 5.41) is 10.9. The van der Waals surface area contributed by atoms with Crippen LogP contribution in [0.15, 0.2) is 71.4 Å². The average Bonchev–Trinajstić information content (AvgIpc) is 2.84. The molecule has 0 aliphatic heterocycles. The minimum absolute atomic E-state index is 0.131.